The van der Waals surface area contributed by atoms with Gasteiger partial charge in [0.15, 0.2) is 0 Å². The third-order valence-electron chi connectivity index (χ3n) is 5.28. The fraction of sp³-hybridized carbons (Fsp3) is 0.154. The molecule has 0 N–H and O–H groups in total. The summed E-state index contributed by atoms with van der Waals surface area (Å²) in [7, 11) is 0. The van der Waals surface area contributed by atoms with Crippen LogP contribution >= 0.6 is 0 Å². The Morgan fingerprint density at radius 1 is 0.643 bits per heavy atom. The number of fused-ring (bicyclic) bond motifs is 4. The highest BCUT2D eigenvalue weighted by Gasteiger charge is 2.21. The van der Waals surface area contributed by atoms with Gasteiger partial charge in [-0.25, -0.2) is 9.97 Å². The maximum absolute atomic E-state index is 5.09. The first-order chi connectivity index (χ1) is 13.5. The van der Waals surface area contributed by atoms with E-state index < -0.39 is 0 Å². The molecule has 0 radical (unpaired) electrons. The van der Waals surface area contributed by atoms with Gasteiger partial charge in [0.25, 0.3) is 0 Å². The SMILES string of the molecule is CC(C)(C)c1nc(-c2ccc3ccccc3c2)c2c(ccc3ccccc32)n1. The molecule has 0 bridgehead atoms. The molecule has 0 atom stereocenters. The van der Waals surface area contributed by atoms with E-state index >= 15 is 0 Å². The maximum atomic E-state index is 5.09. The number of hydrogen-bond acceptors (Lipinski definition) is 2. The van der Waals surface area contributed by atoms with E-state index in [0.717, 1.165) is 28.0 Å². The van der Waals surface area contributed by atoms with E-state index in [9.17, 15) is 0 Å². The van der Waals surface area contributed by atoms with Gasteiger partial charge in [-0.05, 0) is 33.7 Å². The van der Waals surface area contributed by atoms with Gasteiger partial charge in [-0.15, -0.1) is 0 Å². The van der Waals surface area contributed by atoms with Crippen LogP contribution in [0.3, 0.4) is 0 Å². The van der Waals surface area contributed by atoms with Crippen LogP contribution in [0.1, 0.15) is 26.6 Å². The summed E-state index contributed by atoms with van der Waals surface area (Å²) in [5.74, 6) is 0.874. The molecule has 136 valence electrons. The lowest BCUT2D eigenvalue weighted by atomic mass is 9.93. The minimum Gasteiger partial charge on any atom is -0.232 e. The van der Waals surface area contributed by atoms with Crippen molar-refractivity contribution in [3.05, 3.63) is 84.7 Å². The van der Waals surface area contributed by atoms with Gasteiger partial charge in [-0.1, -0.05) is 87.5 Å². The van der Waals surface area contributed by atoms with Crippen molar-refractivity contribution in [3.8, 4) is 11.3 Å². The molecule has 0 aliphatic heterocycles. The van der Waals surface area contributed by atoms with Crippen molar-refractivity contribution in [1.29, 1.82) is 0 Å². The summed E-state index contributed by atoms with van der Waals surface area (Å²) in [5.41, 5.74) is 3.03. The van der Waals surface area contributed by atoms with Gasteiger partial charge < -0.3 is 0 Å². The van der Waals surface area contributed by atoms with Crippen molar-refractivity contribution >= 4 is 32.4 Å². The molecule has 0 spiro atoms. The van der Waals surface area contributed by atoms with Crippen LogP contribution in [0, 0.1) is 0 Å². The summed E-state index contributed by atoms with van der Waals surface area (Å²) in [6.07, 6.45) is 0. The summed E-state index contributed by atoms with van der Waals surface area (Å²) in [6, 6.07) is 27.8. The molecule has 0 unspecified atom stereocenters. The van der Waals surface area contributed by atoms with Crippen LogP contribution in [0.15, 0.2) is 78.9 Å². The number of hydrogen-bond donors (Lipinski definition) is 0. The maximum Gasteiger partial charge on any atom is 0.135 e. The third-order valence-corrected chi connectivity index (χ3v) is 5.28. The molecular weight excluding hydrogens is 340 g/mol. The molecule has 0 saturated carbocycles. The average Bonchev–Trinajstić information content (AvgIpc) is 2.71. The minimum atomic E-state index is -0.120. The summed E-state index contributed by atoms with van der Waals surface area (Å²) >= 11 is 0. The summed E-state index contributed by atoms with van der Waals surface area (Å²) in [6.45, 7) is 6.50. The smallest absolute Gasteiger partial charge is 0.135 e. The zero-order chi connectivity index (χ0) is 19.3. The Bertz CT molecular complexity index is 1340. The van der Waals surface area contributed by atoms with Gasteiger partial charge in [0.1, 0.15) is 5.82 Å². The second-order valence-corrected chi connectivity index (χ2v) is 8.39. The molecule has 0 fully saturated rings. The second-order valence-electron chi connectivity index (χ2n) is 8.39. The highest BCUT2D eigenvalue weighted by atomic mass is 14.9. The molecule has 5 aromatic rings. The van der Waals surface area contributed by atoms with Crippen LogP contribution in [-0.2, 0) is 5.41 Å². The summed E-state index contributed by atoms with van der Waals surface area (Å²) in [5, 5.41) is 6.00. The lowest BCUT2D eigenvalue weighted by Gasteiger charge is -2.19. The van der Waals surface area contributed by atoms with E-state index in [4.69, 9.17) is 9.97 Å². The van der Waals surface area contributed by atoms with Gasteiger partial charge >= 0.3 is 0 Å². The summed E-state index contributed by atoms with van der Waals surface area (Å²) in [4.78, 5) is 10.0. The molecule has 0 amide bonds. The first-order valence-corrected chi connectivity index (χ1v) is 9.70. The van der Waals surface area contributed by atoms with Crippen molar-refractivity contribution in [3.63, 3.8) is 0 Å². The first-order valence-electron chi connectivity index (χ1n) is 9.70. The van der Waals surface area contributed by atoms with E-state index in [0.29, 0.717) is 0 Å². The van der Waals surface area contributed by atoms with Crippen molar-refractivity contribution in [1.82, 2.24) is 9.97 Å². The summed E-state index contributed by atoms with van der Waals surface area (Å²) < 4.78 is 0. The quantitative estimate of drug-likeness (QED) is 0.303. The molecule has 2 heteroatoms. The van der Waals surface area contributed by atoms with Crippen LogP contribution in [0.2, 0.25) is 0 Å². The van der Waals surface area contributed by atoms with Crippen molar-refractivity contribution < 1.29 is 0 Å². The van der Waals surface area contributed by atoms with E-state index in [2.05, 4.69) is 99.6 Å². The van der Waals surface area contributed by atoms with Crippen LogP contribution < -0.4 is 0 Å². The molecule has 0 aliphatic carbocycles. The van der Waals surface area contributed by atoms with Crippen molar-refractivity contribution in [2.75, 3.05) is 0 Å². The molecule has 0 saturated heterocycles. The first kappa shape index (κ1) is 16.9. The third kappa shape index (κ3) is 2.73. The monoisotopic (exact) mass is 362 g/mol. The van der Waals surface area contributed by atoms with Crippen LogP contribution in [0.25, 0.3) is 43.7 Å². The minimum absolute atomic E-state index is 0.120. The fourth-order valence-electron chi connectivity index (χ4n) is 3.78. The molecule has 1 heterocycles. The van der Waals surface area contributed by atoms with E-state index in [1.54, 1.807) is 0 Å². The Balaban J connectivity index is 1.92. The molecule has 28 heavy (non-hydrogen) atoms. The molecule has 5 rings (SSSR count). The number of benzene rings is 4. The molecule has 4 aromatic carbocycles. The lowest BCUT2D eigenvalue weighted by Crippen LogP contribution is -2.16. The van der Waals surface area contributed by atoms with Crippen molar-refractivity contribution in [2.24, 2.45) is 0 Å². The van der Waals surface area contributed by atoms with Gasteiger partial charge in [-0.3, -0.25) is 0 Å². The van der Waals surface area contributed by atoms with Crippen LogP contribution in [0.4, 0.5) is 0 Å². The van der Waals surface area contributed by atoms with Gasteiger partial charge in [-0.2, -0.15) is 0 Å². The van der Waals surface area contributed by atoms with Gasteiger partial charge in [0.2, 0.25) is 0 Å². The molecular formula is C26H22N2. The average molecular weight is 362 g/mol. The highest BCUT2D eigenvalue weighted by molar-refractivity contribution is 6.12. The molecule has 1 aromatic heterocycles. The Kier molecular flexibility index (Phi) is 3.70. The zero-order valence-electron chi connectivity index (χ0n) is 16.4. The predicted octanol–water partition coefficient (Wildman–Crippen LogP) is 6.90. The lowest BCUT2D eigenvalue weighted by molar-refractivity contribution is 0.549. The second kappa shape index (κ2) is 6.13. The number of rotatable bonds is 1. The van der Waals surface area contributed by atoms with Crippen LogP contribution in [-0.4, -0.2) is 9.97 Å². The highest BCUT2D eigenvalue weighted by Crippen LogP contribution is 2.35. The van der Waals surface area contributed by atoms with Crippen LogP contribution in [0.5, 0.6) is 0 Å². The number of aromatic nitrogens is 2. The predicted molar refractivity (Wildman–Crippen MR) is 119 cm³/mol. The Morgan fingerprint density at radius 2 is 1.32 bits per heavy atom. The topological polar surface area (TPSA) is 25.8 Å². The normalized spacial score (nSPS) is 12.1. The van der Waals surface area contributed by atoms with E-state index in [1.165, 1.54) is 21.5 Å². The molecule has 2 nitrogen and oxygen atoms in total. The van der Waals surface area contributed by atoms with Crippen molar-refractivity contribution in [2.45, 2.75) is 26.2 Å². The largest absolute Gasteiger partial charge is 0.232 e. The standard InChI is InChI=1S/C26H22N2/c1-26(2,3)25-27-22-15-14-18-9-6-7-11-21(18)23(22)24(28-25)20-13-12-17-8-4-5-10-19(17)16-20/h4-16H,1-3H3. The number of nitrogens with zero attached hydrogens (tertiary/aromatic N) is 2. The zero-order valence-corrected chi connectivity index (χ0v) is 16.4. The van der Waals surface area contributed by atoms with E-state index in [-0.39, 0.29) is 5.41 Å². The van der Waals surface area contributed by atoms with E-state index in [1.807, 2.05) is 0 Å². The van der Waals surface area contributed by atoms with Gasteiger partial charge in [0.05, 0.1) is 11.2 Å². The Hall–Kier alpha value is -3.26. The Morgan fingerprint density at radius 3 is 2.11 bits per heavy atom. The molecule has 0 aliphatic rings. The van der Waals surface area contributed by atoms with Gasteiger partial charge in [0, 0.05) is 16.4 Å². The Labute approximate surface area is 164 Å². The fourth-order valence-corrected chi connectivity index (χ4v) is 3.78.